The van der Waals surface area contributed by atoms with Crippen LogP contribution in [0.2, 0.25) is 0 Å². The van der Waals surface area contributed by atoms with Crippen molar-refractivity contribution in [1.29, 1.82) is 0 Å². The second-order valence-corrected chi connectivity index (χ2v) is 6.28. The van der Waals surface area contributed by atoms with Crippen molar-refractivity contribution in [3.05, 3.63) is 47.4 Å². The summed E-state index contributed by atoms with van der Waals surface area (Å²) in [7, 11) is 0. The van der Waals surface area contributed by atoms with Gasteiger partial charge in [0.05, 0.1) is 12.6 Å². The highest BCUT2D eigenvalue weighted by Crippen LogP contribution is 2.27. The summed E-state index contributed by atoms with van der Waals surface area (Å²) in [6.45, 7) is 8.67. The predicted molar refractivity (Wildman–Crippen MR) is 88.1 cm³/mol. The van der Waals surface area contributed by atoms with Crippen LogP contribution >= 0.6 is 0 Å². The molecule has 124 valence electrons. The molecule has 4 rings (SSSR count). The summed E-state index contributed by atoms with van der Waals surface area (Å²) in [5.41, 5.74) is 2.13. The Morgan fingerprint density at radius 1 is 1.08 bits per heavy atom. The fourth-order valence-electron chi connectivity index (χ4n) is 3.11. The molecule has 1 atom stereocenters. The fraction of sp³-hybridized carbons (Fsp3) is 0.412. The normalized spacial score (nSPS) is 16.1. The summed E-state index contributed by atoms with van der Waals surface area (Å²) < 4.78 is 8.09. The first-order valence-electron chi connectivity index (χ1n) is 8.15. The standard InChI is InChI=1S/C17H20N6O/c1-11-5-4-6-14(9-11)17-21-20-16(24-17)12(2)22-7-8-23-13(3)18-19-15(23)10-22/h4-6,9,12H,7-8,10H2,1-3H3/t12-/m1/s1. The van der Waals surface area contributed by atoms with E-state index >= 15 is 0 Å². The van der Waals surface area contributed by atoms with Gasteiger partial charge in [-0.15, -0.1) is 20.4 Å². The number of aryl methyl sites for hydroxylation is 2. The summed E-state index contributed by atoms with van der Waals surface area (Å²) in [4.78, 5) is 2.29. The van der Waals surface area contributed by atoms with Crippen molar-refractivity contribution in [2.75, 3.05) is 6.54 Å². The van der Waals surface area contributed by atoms with Crippen LogP contribution < -0.4 is 0 Å². The van der Waals surface area contributed by atoms with Gasteiger partial charge in [-0.3, -0.25) is 4.90 Å². The molecule has 0 saturated heterocycles. The smallest absolute Gasteiger partial charge is 0.247 e. The summed E-state index contributed by atoms with van der Waals surface area (Å²) in [5, 5.41) is 16.9. The molecule has 24 heavy (non-hydrogen) atoms. The van der Waals surface area contributed by atoms with Gasteiger partial charge in [0.25, 0.3) is 0 Å². The molecular weight excluding hydrogens is 304 g/mol. The van der Waals surface area contributed by atoms with Gasteiger partial charge in [0, 0.05) is 18.7 Å². The maximum atomic E-state index is 5.93. The lowest BCUT2D eigenvalue weighted by Gasteiger charge is -2.30. The molecule has 7 heteroatoms. The topological polar surface area (TPSA) is 72.9 Å². The zero-order valence-corrected chi connectivity index (χ0v) is 14.1. The number of hydrogen-bond acceptors (Lipinski definition) is 6. The third-order valence-electron chi connectivity index (χ3n) is 4.58. The fourth-order valence-corrected chi connectivity index (χ4v) is 3.11. The maximum absolute atomic E-state index is 5.93. The number of rotatable bonds is 3. The second kappa shape index (κ2) is 5.83. The molecule has 0 radical (unpaired) electrons. The Balaban J connectivity index is 1.54. The van der Waals surface area contributed by atoms with Gasteiger partial charge in [0.2, 0.25) is 11.8 Å². The monoisotopic (exact) mass is 324 g/mol. The minimum absolute atomic E-state index is 0.0433. The molecule has 0 N–H and O–H groups in total. The van der Waals surface area contributed by atoms with Crippen LogP contribution in [0.5, 0.6) is 0 Å². The Kier molecular flexibility index (Phi) is 3.65. The average Bonchev–Trinajstić information content (AvgIpc) is 3.21. The van der Waals surface area contributed by atoms with E-state index in [1.165, 1.54) is 5.56 Å². The Morgan fingerprint density at radius 2 is 1.96 bits per heavy atom. The van der Waals surface area contributed by atoms with Gasteiger partial charge in [-0.25, -0.2) is 0 Å². The van der Waals surface area contributed by atoms with Crippen LogP contribution in [0.3, 0.4) is 0 Å². The van der Waals surface area contributed by atoms with Crippen molar-refractivity contribution in [1.82, 2.24) is 29.9 Å². The minimum Gasteiger partial charge on any atom is -0.419 e. The molecule has 1 aromatic carbocycles. The van der Waals surface area contributed by atoms with Gasteiger partial charge in [-0.1, -0.05) is 17.7 Å². The van der Waals surface area contributed by atoms with Crippen LogP contribution in [0.25, 0.3) is 11.5 Å². The molecule has 7 nitrogen and oxygen atoms in total. The Morgan fingerprint density at radius 3 is 2.79 bits per heavy atom. The quantitative estimate of drug-likeness (QED) is 0.737. The highest BCUT2D eigenvalue weighted by molar-refractivity contribution is 5.53. The molecule has 0 unspecified atom stereocenters. The number of fused-ring (bicyclic) bond motifs is 1. The lowest BCUT2D eigenvalue weighted by molar-refractivity contribution is 0.142. The molecule has 3 heterocycles. The van der Waals surface area contributed by atoms with Gasteiger partial charge in [0.15, 0.2) is 0 Å². The van der Waals surface area contributed by atoms with Gasteiger partial charge in [-0.05, 0) is 32.9 Å². The Hall–Kier alpha value is -2.54. The molecule has 1 aliphatic rings. The minimum atomic E-state index is 0.0433. The van der Waals surface area contributed by atoms with Crippen LogP contribution in [0.15, 0.2) is 28.7 Å². The van der Waals surface area contributed by atoms with Crippen molar-refractivity contribution in [2.45, 2.75) is 39.9 Å². The number of nitrogens with zero attached hydrogens (tertiary/aromatic N) is 6. The van der Waals surface area contributed by atoms with E-state index in [4.69, 9.17) is 4.42 Å². The van der Waals surface area contributed by atoms with Crippen molar-refractivity contribution in [3.63, 3.8) is 0 Å². The van der Waals surface area contributed by atoms with E-state index in [0.29, 0.717) is 11.8 Å². The zero-order chi connectivity index (χ0) is 16.7. The summed E-state index contributed by atoms with van der Waals surface area (Å²) in [6.07, 6.45) is 0. The highest BCUT2D eigenvalue weighted by Gasteiger charge is 2.27. The van der Waals surface area contributed by atoms with E-state index < -0.39 is 0 Å². The molecule has 3 aromatic rings. The van der Waals surface area contributed by atoms with Gasteiger partial charge in [0.1, 0.15) is 11.6 Å². The summed E-state index contributed by atoms with van der Waals surface area (Å²) in [5.74, 6) is 3.16. The molecular formula is C17H20N6O. The van der Waals surface area contributed by atoms with Crippen LogP contribution in [0, 0.1) is 13.8 Å². The SMILES string of the molecule is Cc1cccc(-c2nnc([C@@H](C)N3CCn4c(C)nnc4C3)o2)c1. The molecule has 2 aromatic heterocycles. The highest BCUT2D eigenvalue weighted by atomic mass is 16.4. The second-order valence-electron chi connectivity index (χ2n) is 6.28. The largest absolute Gasteiger partial charge is 0.419 e. The van der Waals surface area contributed by atoms with E-state index in [-0.39, 0.29) is 6.04 Å². The summed E-state index contributed by atoms with van der Waals surface area (Å²) >= 11 is 0. The van der Waals surface area contributed by atoms with Gasteiger partial charge >= 0.3 is 0 Å². The van der Waals surface area contributed by atoms with Crippen LogP contribution in [-0.4, -0.2) is 36.4 Å². The van der Waals surface area contributed by atoms with E-state index in [0.717, 1.165) is 36.8 Å². The molecule has 0 fully saturated rings. The van der Waals surface area contributed by atoms with Crippen molar-refractivity contribution >= 4 is 0 Å². The van der Waals surface area contributed by atoms with Gasteiger partial charge in [-0.2, -0.15) is 0 Å². The zero-order valence-electron chi connectivity index (χ0n) is 14.1. The average molecular weight is 324 g/mol. The molecule has 0 saturated carbocycles. The van der Waals surface area contributed by atoms with Crippen molar-refractivity contribution < 1.29 is 4.42 Å². The van der Waals surface area contributed by atoms with E-state index in [1.54, 1.807) is 0 Å². The molecule has 1 aliphatic heterocycles. The first kappa shape index (κ1) is 15.0. The lowest BCUT2D eigenvalue weighted by atomic mass is 10.1. The maximum Gasteiger partial charge on any atom is 0.247 e. The molecule has 0 aliphatic carbocycles. The number of aromatic nitrogens is 5. The Bertz CT molecular complexity index is 868. The van der Waals surface area contributed by atoms with Crippen LogP contribution in [0.4, 0.5) is 0 Å². The Labute approximate surface area is 140 Å². The van der Waals surface area contributed by atoms with Crippen molar-refractivity contribution in [3.8, 4) is 11.5 Å². The summed E-state index contributed by atoms with van der Waals surface area (Å²) in [6, 6.07) is 8.13. The van der Waals surface area contributed by atoms with E-state index in [2.05, 4.69) is 49.8 Å². The number of benzene rings is 1. The van der Waals surface area contributed by atoms with Crippen LogP contribution in [0.1, 0.15) is 36.1 Å². The van der Waals surface area contributed by atoms with Crippen molar-refractivity contribution in [2.24, 2.45) is 0 Å². The van der Waals surface area contributed by atoms with E-state index in [9.17, 15) is 0 Å². The molecule has 0 bridgehead atoms. The molecule has 0 amide bonds. The lowest BCUT2D eigenvalue weighted by Crippen LogP contribution is -2.36. The first-order chi connectivity index (χ1) is 11.6. The molecule has 0 spiro atoms. The number of hydrogen-bond donors (Lipinski definition) is 0. The predicted octanol–water partition coefficient (Wildman–Crippen LogP) is 2.52. The first-order valence-corrected chi connectivity index (χ1v) is 8.15. The third kappa shape index (κ3) is 2.60. The van der Waals surface area contributed by atoms with Crippen LogP contribution in [-0.2, 0) is 13.1 Å². The van der Waals surface area contributed by atoms with Gasteiger partial charge < -0.3 is 8.98 Å². The third-order valence-corrected chi connectivity index (χ3v) is 4.58. The van der Waals surface area contributed by atoms with E-state index in [1.807, 2.05) is 25.1 Å².